The van der Waals surface area contributed by atoms with Crippen LogP contribution < -0.4 is 10.6 Å². The van der Waals surface area contributed by atoms with Crippen molar-refractivity contribution in [3.05, 3.63) is 60.7 Å². The van der Waals surface area contributed by atoms with Crippen LogP contribution in [0.2, 0.25) is 0 Å². The Morgan fingerprint density at radius 2 is 1.33 bits per heavy atom. The predicted molar refractivity (Wildman–Crippen MR) is 126 cm³/mol. The van der Waals surface area contributed by atoms with Gasteiger partial charge in [0.25, 0.3) is 0 Å². The average Bonchev–Trinajstić information content (AvgIpc) is 3.23. The fourth-order valence-electron chi connectivity index (χ4n) is 7.00. The molecular weight excluding hydrogens is 385 g/mol. The molecule has 0 amide bonds. The van der Waals surface area contributed by atoms with Gasteiger partial charge in [-0.25, -0.2) is 4.99 Å². The lowest BCUT2D eigenvalue weighted by Crippen LogP contribution is -2.48. The zero-order chi connectivity index (χ0) is 19.9. The fourth-order valence-corrected chi connectivity index (χ4v) is 9.43. The second-order valence-corrected chi connectivity index (χ2v) is 12.3. The highest BCUT2D eigenvalue weighted by Gasteiger charge is 2.51. The Morgan fingerprint density at radius 1 is 0.767 bits per heavy atom. The molecule has 2 aromatic carbocycles. The van der Waals surface area contributed by atoms with E-state index in [1.807, 2.05) is 0 Å². The third-order valence-electron chi connectivity index (χ3n) is 8.07. The normalized spacial score (nSPS) is 34.2. The van der Waals surface area contributed by atoms with Crippen molar-refractivity contribution in [3.8, 4) is 0 Å². The van der Waals surface area contributed by atoms with E-state index in [1.54, 1.807) is 0 Å². The van der Waals surface area contributed by atoms with Crippen molar-refractivity contribution in [1.29, 1.82) is 0 Å². The van der Waals surface area contributed by atoms with Gasteiger partial charge in [0.2, 0.25) is 0 Å². The molecule has 4 aliphatic carbocycles. The van der Waals surface area contributed by atoms with Crippen molar-refractivity contribution in [2.75, 3.05) is 12.8 Å². The Kier molecular flexibility index (Phi) is 5.16. The van der Waals surface area contributed by atoms with E-state index >= 15 is 0 Å². The van der Waals surface area contributed by atoms with Gasteiger partial charge in [-0.1, -0.05) is 60.7 Å². The highest BCUT2D eigenvalue weighted by molar-refractivity contribution is 7.73. The monoisotopic (exact) mass is 417 g/mol. The molecule has 5 aliphatic rings. The first-order valence-electron chi connectivity index (χ1n) is 11.9. The summed E-state index contributed by atoms with van der Waals surface area (Å²) in [5, 5.41) is 2.95. The van der Waals surface area contributed by atoms with Gasteiger partial charge in [-0.15, -0.1) is 0 Å². The van der Waals surface area contributed by atoms with Crippen LogP contribution in [0.5, 0.6) is 0 Å². The largest absolute Gasteiger partial charge is 0.478 e. The molecule has 0 radical (unpaired) electrons. The number of nitrogens with zero attached hydrogens (tertiary/aromatic N) is 1. The minimum atomic E-state index is -0.330. The molecule has 1 aliphatic heterocycles. The smallest absolute Gasteiger partial charge is 0.187 e. The third kappa shape index (κ3) is 3.62. The van der Waals surface area contributed by atoms with E-state index in [-0.39, 0.29) is 7.92 Å². The van der Waals surface area contributed by atoms with Gasteiger partial charge in [-0.05, 0) is 86.9 Å². The van der Waals surface area contributed by atoms with E-state index < -0.39 is 0 Å². The van der Waals surface area contributed by atoms with Gasteiger partial charge < -0.3 is 4.74 Å². The first-order valence-corrected chi connectivity index (χ1v) is 13.4. The second kappa shape index (κ2) is 8.12. The summed E-state index contributed by atoms with van der Waals surface area (Å²) in [4.78, 5) is 5.20. The molecule has 4 saturated carbocycles. The summed E-state index contributed by atoms with van der Waals surface area (Å²) in [6, 6.07) is 22.5. The lowest BCUT2D eigenvalue weighted by atomic mass is 9.52. The van der Waals surface area contributed by atoms with E-state index in [1.165, 1.54) is 48.9 Å². The van der Waals surface area contributed by atoms with Gasteiger partial charge in [0.1, 0.15) is 6.61 Å². The van der Waals surface area contributed by atoms with E-state index in [4.69, 9.17) is 9.73 Å². The zero-order valence-corrected chi connectivity index (χ0v) is 18.6. The van der Waals surface area contributed by atoms with Crippen molar-refractivity contribution in [2.45, 2.75) is 44.6 Å². The van der Waals surface area contributed by atoms with Crippen LogP contribution >= 0.6 is 7.92 Å². The van der Waals surface area contributed by atoms with Crippen LogP contribution in [0.25, 0.3) is 0 Å². The van der Waals surface area contributed by atoms with E-state index in [9.17, 15) is 0 Å². The average molecular weight is 418 g/mol. The summed E-state index contributed by atoms with van der Waals surface area (Å²) in [5.74, 6) is 5.56. The molecule has 30 heavy (non-hydrogen) atoms. The molecule has 0 aromatic heterocycles. The molecule has 156 valence electrons. The summed E-state index contributed by atoms with van der Waals surface area (Å²) < 4.78 is 6.29. The molecule has 3 heteroatoms. The first-order chi connectivity index (χ1) is 14.8. The molecule has 1 unspecified atom stereocenters. The summed E-state index contributed by atoms with van der Waals surface area (Å²) in [5.41, 5.74) is 0. The minimum absolute atomic E-state index is 0.330. The summed E-state index contributed by atoms with van der Waals surface area (Å²) in [7, 11) is -0.330. The zero-order valence-electron chi connectivity index (χ0n) is 17.7. The maximum atomic E-state index is 6.29. The highest BCUT2D eigenvalue weighted by Crippen LogP contribution is 2.57. The second-order valence-electron chi connectivity index (χ2n) is 10.0. The van der Waals surface area contributed by atoms with Gasteiger partial charge in [-0.2, -0.15) is 0 Å². The van der Waals surface area contributed by atoms with Gasteiger partial charge in [-0.3, -0.25) is 0 Å². The predicted octanol–water partition coefficient (Wildman–Crippen LogP) is 5.38. The molecular formula is C27H32NOP. The SMILES string of the molecule is c1ccc(P(CCC2COC(C3C4CC5CC(C4)CC3C5)=N2)c2ccccc2)cc1. The number of aliphatic imine (C=N–C) groups is 1. The summed E-state index contributed by atoms with van der Waals surface area (Å²) in [6.07, 6.45) is 9.60. The van der Waals surface area contributed by atoms with Crippen LogP contribution in [0.1, 0.15) is 38.5 Å². The van der Waals surface area contributed by atoms with Crippen molar-refractivity contribution >= 4 is 24.4 Å². The molecule has 1 heterocycles. The van der Waals surface area contributed by atoms with Crippen LogP contribution in [0.4, 0.5) is 0 Å². The highest BCUT2D eigenvalue weighted by atomic mass is 31.1. The van der Waals surface area contributed by atoms with Crippen molar-refractivity contribution in [1.82, 2.24) is 0 Å². The number of rotatable bonds is 6. The molecule has 0 spiro atoms. The van der Waals surface area contributed by atoms with E-state index in [0.717, 1.165) is 42.6 Å². The van der Waals surface area contributed by atoms with Crippen LogP contribution in [-0.4, -0.2) is 24.7 Å². The Balaban J connectivity index is 1.16. The molecule has 4 bridgehead atoms. The van der Waals surface area contributed by atoms with Crippen LogP contribution in [0.15, 0.2) is 65.7 Å². The van der Waals surface area contributed by atoms with Crippen molar-refractivity contribution in [2.24, 2.45) is 34.6 Å². The van der Waals surface area contributed by atoms with Crippen LogP contribution in [0.3, 0.4) is 0 Å². The maximum absolute atomic E-state index is 6.29. The van der Waals surface area contributed by atoms with Crippen molar-refractivity contribution < 1.29 is 4.74 Å². The molecule has 2 nitrogen and oxygen atoms in total. The van der Waals surface area contributed by atoms with Gasteiger partial charge in [0.15, 0.2) is 5.90 Å². The molecule has 0 saturated heterocycles. The molecule has 7 rings (SSSR count). The lowest BCUT2D eigenvalue weighted by molar-refractivity contribution is -0.0154. The third-order valence-corrected chi connectivity index (χ3v) is 10.6. The Morgan fingerprint density at radius 3 is 1.90 bits per heavy atom. The Labute approximate surface area is 181 Å². The molecule has 0 N–H and O–H groups in total. The molecule has 1 atom stereocenters. The summed E-state index contributed by atoms with van der Waals surface area (Å²) >= 11 is 0. The number of hydrogen-bond acceptors (Lipinski definition) is 2. The minimum Gasteiger partial charge on any atom is -0.478 e. The number of ether oxygens (including phenoxy) is 1. The maximum Gasteiger partial charge on any atom is 0.187 e. The molecule has 2 aromatic rings. The number of hydrogen-bond donors (Lipinski definition) is 0. The van der Waals surface area contributed by atoms with Gasteiger partial charge >= 0.3 is 0 Å². The lowest BCUT2D eigenvalue weighted by Gasteiger charge is -2.53. The van der Waals surface area contributed by atoms with Crippen LogP contribution in [0, 0.1) is 29.6 Å². The van der Waals surface area contributed by atoms with Gasteiger partial charge in [0.05, 0.1) is 6.04 Å². The topological polar surface area (TPSA) is 21.6 Å². The molecule has 4 fully saturated rings. The van der Waals surface area contributed by atoms with E-state index in [2.05, 4.69) is 60.7 Å². The van der Waals surface area contributed by atoms with Crippen molar-refractivity contribution in [3.63, 3.8) is 0 Å². The fraction of sp³-hybridized carbons (Fsp3) is 0.519. The van der Waals surface area contributed by atoms with Crippen LogP contribution in [-0.2, 0) is 4.74 Å². The van der Waals surface area contributed by atoms with E-state index in [0.29, 0.717) is 12.0 Å². The quantitative estimate of drug-likeness (QED) is 0.579. The number of benzene rings is 2. The first kappa shape index (κ1) is 19.1. The Hall–Kier alpha value is -1.66. The standard InChI is InChI=1S/C27H32NOP/c1-3-7-24(8-4-1)30(25-9-5-2-6-10-25)12-11-23-18-29-27(28-23)26-21-14-19-13-20(16-21)17-22(26)15-19/h1-10,19-23,26H,11-18H2. The summed E-state index contributed by atoms with van der Waals surface area (Å²) in [6.45, 7) is 0.810. The van der Waals surface area contributed by atoms with Gasteiger partial charge in [0, 0.05) is 5.92 Å². The Bertz CT molecular complexity index is 828.